The SMILES string of the molecule is Cn1ncc(Br)c1CNC(=O)c1ccc(COc2ccccc2Br)o1. The molecule has 8 heteroatoms. The summed E-state index contributed by atoms with van der Waals surface area (Å²) in [5.74, 6) is 1.23. The van der Waals surface area contributed by atoms with E-state index in [1.807, 2.05) is 31.3 Å². The molecule has 0 aliphatic heterocycles. The highest BCUT2D eigenvalue weighted by molar-refractivity contribution is 9.10. The van der Waals surface area contributed by atoms with E-state index in [9.17, 15) is 4.79 Å². The Hall–Kier alpha value is -2.06. The molecule has 25 heavy (non-hydrogen) atoms. The van der Waals surface area contributed by atoms with Crippen molar-refractivity contribution >= 4 is 37.8 Å². The number of nitrogens with zero attached hydrogens (tertiary/aromatic N) is 2. The van der Waals surface area contributed by atoms with E-state index in [0.717, 1.165) is 14.6 Å². The molecule has 1 aromatic carbocycles. The number of carbonyl (C=O) groups is 1. The lowest BCUT2D eigenvalue weighted by Gasteiger charge is -2.06. The quantitative estimate of drug-likeness (QED) is 0.592. The van der Waals surface area contributed by atoms with Crippen molar-refractivity contribution in [2.45, 2.75) is 13.2 Å². The van der Waals surface area contributed by atoms with Crippen LogP contribution >= 0.6 is 31.9 Å². The van der Waals surface area contributed by atoms with Crippen LogP contribution in [-0.2, 0) is 20.2 Å². The molecule has 2 heterocycles. The highest BCUT2D eigenvalue weighted by Gasteiger charge is 2.13. The van der Waals surface area contributed by atoms with Crippen LogP contribution in [0.15, 0.2) is 56.0 Å². The Morgan fingerprint density at radius 2 is 2.04 bits per heavy atom. The van der Waals surface area contributed by atoms with Crippen LogP contribution in [0.1, 0.15) is 22.0 Å². The average molecular weight is 469 g/mol. The number of hydrogen-bond donors (Lipinski definition) is 1. The Bertz CT molecular complexity index is 869. The minimum Gasteiger partial charge on any atom is -0.484 e. The van der Waals surface area contributed by atoms with E-state index < -0.39 is 0 Å². The molecule has 0 radical (unpaired) electrons. The van der Waals surface area contributed by atoms with Gasteiger partial charge in [-0.2, -0.15) is 5.10 Å². The second kappa shape index (κ2) is 7.88. The first-order valence-electron chi connectivity index (χ1n) is 7.45. The Labute approximate surface area is 161 Å². The first-order valence-corrected chi connectivity index (χ1v) is 9.04. The van der Waals surface area contributed by atoms with E-state index in [-0.39, 0.29) is 18.3 Å². The van der Waals surface area contributed by atoms with Crippen molar-refractivity contribution in [1.82, 2.24) is 15.1 Å². The van der Waals surface area contributed by atoms with Gasteiger partial charge in [0.2, 0.25) is 0 Å². The normalized spacial score (nSPS) is 10.7. The van der Waals surface area contributed by atoms with Crippen LogP contribution in [0.5, 0.6) is 5.75 Å². The van der Waals surface area contributed by atoms with E-state index in [4.69, 9.17) is 9.15 Å². The lowest BCUT2D eigenvalue weighted by Crippen LogP contribution is -2.23. The predicted octanol–water partition coefficient (Wildman–Crippen LogP) is 4.05. The van der Waals surface area contributed by atoms with Crippen LogP contribution in [0.4, 0.5) is 0 Å². The standard InChI is InChI=1S/C17H15Br2N3O3/c1-22-14(13(19)8-21-22)9-20-17(23)16-7-6-11(25-16)10-24-15-5-3-2-4-12(15)18/h2-8H,9-10H2,1H3,(H,20,23). The van der Waals surface area contributed by atoms with Crippen molar-refractivity contribution < 1.29 is 13.9 Å². The molecule has 130 valence electrons. The summed E-state index contributed by atoms with van der Waals surface area (Å²) >= 11 is 6.82. The van der Waals surface area contributed by atoms with E-state index in [1.54, 1.807) is 23.0 Å². The molecule has 0 bridgehead atoms. The number of aromatic nitrogens is 2. The van der Waals surface area contributed by atoms with Crippen molar-refractivity contribution in [2.75, 3.05) is 0 Å². The molecule has 0 fully saturated rings. The monoisotopic (exact) mass is 467 g/mol. The van der Waals surface area contributed by atoms with Gasteiger partial charge in [-0.05, 0) is 56.1 Å². The Morgan fingerprint density at radius 3 is 2.76 bits per heavy atom. The molecule has 2 aromatic heterocycles. The van der Waals surface area contributed by atoms with Gasteiger partial charge in [0, 0.05) is 7.05 Å². The lowest BCUT2D eigenvalue weighted by molar-refractivity contribution is 0.0918. The van der Waals surface area contributed by atoms with Crippen LogP contribution in [0.2, 0.25) is 0 Å². The maximum atomic E-state index is 12.2. The first-order chi connectivity index (χ1) is 12.0. The third-order valence-corrected chi connectivity index (χ3v) is 4.84. The molecule has 3 aromatic rings. The number of halogens is 2. The smallest absolute Gasteiger partial charge is 0.287 e. The topological polar surface area (TPSA) is 69.3 Å². The van der Waals surface area contributed by atoms with Crippen LogP contribution in [0.3, 0.4) is 0 Å². The number of hydrogen-bond acceptors (Lipinski definition) is 4. The van der Waals surface area contributed by atoms with Crippen molar-refractivity contribution in [1.29, 1.82) is 0 Å². The molecule has 0 saturated carbocycles. The fourth-order valence-corrected chi connectivity index (χ4v) is 3.06. The van der Waals surface area contributed by atoms with Crippen LogP contribution in [0, 0.1) is 0 Å². The van der Waals surface area contributed by atoms with Gasteiger partial charge in [0.15, 0.2) is 5.76 Å². The fraction of sp³-hybridized carbons (Fsp3) is 0.176. The Balaban J connectivity index is 1.57. The number of carbonyl (C=O) groups excluding carboxylic acids is 1. The molecule has 0 aliphatic carbocycles. The molecule has 0 aliphatic rings. The summed E-state index contributed by atoms with van der Waals surface area (Å²) in [5, 5.41) is 6.91. The largest absolute Gasteiger partial charge is 0.484 e. The summed E-state index contributed by atoms with van der Waals surface area (Å²) in [7, 11) is 1.82. The highest BCUT2D eigenvalue weighted by atomic mass is 79.9. The molecule has 0 spiro atoms. The van der Waals surface area contributed by atoms with Gasteiger partial charge in [-0.25, -0.2) is 0 Å². The van der Waals surface area contributed by atoms with Crippen LogP contribution in [0.25, 0.3) is 0 Å². The second-order valence-corrected chi connectivity index (χ2v) is 6.94. The molecule has 0 unspecified atom stereocenters. The maximum Gasteiger partial charge on any atom is 0.287 e. The number of benzene rings is 1. The number of para-hydroxylation sites is 1. The van der Waals surface area contributed by atoms with Gasteiger partial charge in [-0.15, -0.1) is 0 Å². The predicted molar refractivity (Wildman–Crippen MR) is 99.3 cm³/mol. The summed E-state index contributed by atoms with van der Waals surface area (Å²) < 4.78 is 14.6. The summed E-state index contributed by atoms with van der Waals surface area (Å²) in [6, 6.07) is 10.9. The summed E-state index contributed by atoms with van der Waals surface area (Å²) in [6.07, 6.45) is 1.69. The maximum absolute atomic E-state index is 12.2. The Kier molecular flexibility index (Phi) is 5.60. The van der Waals surface area contributed by atoms with Crippen molar-refractivity contribution in [2.24, 2.45) is 7.05 Å². The van der Waals surface area contributed by atoms with Gasteiger partial charge >= 0.3 is 0 Å². The van der Waals surface area contributed by atoms with Crippen LogP contribution < -0.4 is 10.1 Å². The number of amides is 1. The molecular formula is C17H15Br2N3O3. The fourth-order valence-electron chi connectivity index (χ4n) is 2.17. The van der Waals surface area contributed by atoms with Gasteiger partial charge in [0.1, 0.15) is 18.1 Å². The first kappa shape index (κ1) is 17.8. The van der Waals surface area contributed by atoms with Crippen molar-refractivity contribution in [3.05, 3.63) is 68.8 Å². The van der Waals surface area contributed by atoms with Crippen molar-refractivity contribution in [3.63, 3.8) is 0 Å². The van der Waals surface area contributed by atoms with Crippen LogP contribution in [-0.4, -0.2) is 15.7 Å². The summed E-state index contributed by atoms with van der Waals surface area (Å²) in [6.45, 7) is 0.586. The van der Waals surface area contributed by atoms with Gasteiger partial charge in [-0.1, -0.05) is 12.1 Å². The minimum atomic E-state index is -0.291. The van der Waals surface area contributed by atoms with E-state index in [0.29, 0.717) is 18.1 Å². The van der Waals surface area contributed by atoms with E-state index in [1.165, 1.54) is 0 Å². The van der Waals surface area contributed by atoms with E-state index in [2.05, 4.69) is 42.3 Å². The molecule has 3 rings (SSSR count). The molecule has 0 saturated heterocycles. The van der Waals surface area contributed by atoms with Gasteiger partial charge in [-0.3, -0.25) is 9.48 Å². The zero-order valence-electron chi connectivity index (χ0n) is 13.3. The third kappa shape index (κ3) is 4.32. The third-order valence-electron chi connectivity index (χ3n) is 3.52. The summed E-state index contributed by atoms with van der Waals surface area (Å²) in [5.41, 5.74) is 0.873. The van der Waals surface area contributed by atoms with Crippen molar-refractivity contribution in [3.8, 4) is 5.75 Å². The minimum absolute atomic E-state index is 0.239. The zero-order valence-corrected chi connectivity index (χ0v) is 16.5. The second-order valence-electron chi connectivity index (χ2n) is 5.23. The Morgan fingerprint density at radius 1 is 1.24 bits per heavy atom. The molecular weight excluding hydrogens is 454 g/mol. The number of aryl methyl sites for hydroxylation is 1. The van der Waals surface area contributed by atoms with Gasteiger partial charge in [0.25, 0.3) is 5.91 Å². The molecule has 6 nitrogen and oxygen atoms in total. The average Bonchev–Trinajstić information content (AvgIpc) is 3.20. The summed E-state index contributed by atoms with van der Waals surface area (Å²) in [4.78, 5) is 12.2. The zero-order chi connectivity index (χ0) is 17.8. The molecule has 1 N–H and O–H groups in total. The lowest BCUT2D eigenvalue weighted by atomic mass is 10.3. The molecule has 0 atom stereocenters. The molecule has 1 amide bonds. The highest BCUT2D eigenvalue weighted by Crippen LogP contribution is 2.25. The van der Waals surface area contributed by atoms with Gasteiger partial charge in [0.05, 0.1) is 27.4 Å². The van der Waals surface area contributed by atoms with E-state index >= 15 is 0 Å². The van der Waals surface area contributed by atoms with Gasteiger partial charge < -0.3 is 14.5 Å². The number of furan rings is 1. The number of rotatable bonds is 6. The number of ether oxygens (including phenoxy) is 1. The number of nitrogens with one attached hydrogen (secondary N) is 1.